The Bertz CT molecular complexity index is 719. The van der Waals surface area contributed by atoms with Crippen LogP contribution in [0.15, 0.2) is 36.4 Å². The number of carbonyl (C=O) groups excluding carboxylic acids is 1. The molecule has 0 radical (unpaired) electrons. The summed E-state index contributed by atoms with van der Waals surface area (Å²) in [5.74, 6) is -0.284. The first-order valence-corrected chi connectivity index (χ1v) is 7.41. The maximum Gasteiger partial charge on any atom is 0.416 e. The number of anilines is 1. The summed E-state index contributed by atoms with van der Waals surface area (Å²) in [5, 5.41) is 3.05. The molecule has 2 aromatic rings. The molecule has 0 heterocycles. The van der Waals surface area contributed by atoms with Crippen molar-refractivity contribution in [2.75, 3.05) is 11.9 Å². The minimum absolute atomic E-state index is 0.171. The quantitative estimate of drug-likeness (QED) is 0.836. The first kappa shape index (κ1) is 18.1. The fourth-order valence-corrected chi connectivity index (χ4v) is 2.51. The fourth-order valence-electron chi connectivity index (χ4n) is 2.14. The van der Waals surface area contributed by atoms with E-state index in [1.807, 2.05) is 19.9 Å². The van der Waals surface area contributed by atoms with Crippen LogP contribution in [-0.4, -0.2) is 12.5 Å². The number of ether oxygens (including phenoxy) is 1. The van der Waals surface area contributed by atoms with Gasteiger partial charge in [-0.3, -0.25) is 4.79 Å². The molecule has 1 amide bonds. The van der Waals surface area contributed by atoms with Crippen LogP contribution in [0.1, 0.15) is 16.7 Å². The van der Waals surface area contributed by atoms with E-state index >= 15 is 0 Å². The lowest BCUT2D eigenvalue weighted by molar-refractivity contribution is -0.137. The number of aryl methyl sites for hydroxylation is 2. The Morgan fingerprint density at radius 2 is 1.79 bits per heavy atom. The molecule has 2 aromatic carbocycles. The smallest absolute Gasteiger partial charge is 0.416 e. The van der Waals surface area contributed by atoms with Crippen molar-refractivity contribution in [3.63, 3.8) is 0 Å². The number of rotatable bonds is 4. The molecule has 0 aliphatic rings. The molecule has 24 heavy (non-hydrogen) atoms. The van der Waals surface area contributed by atoms with E-state index in [1.165, 1.54) is 12.1 Å². The minimum Gasteiger partial charge on any atom is -0.484 e. The van der Waals surface area contributed by atoms with E-state index in [1.54, 1.807) is 6.07 Å². The molecule has 0 aliphatic carbocycles. The van der Waals surface area contributed by atoms with Crippen molar-refractivity contribution < 1.29 is 22.7 Å². The molecule has 0 bridgehead atoms. The van der Waals surface area contributed by atoms with E-state index in [0.717, 1.165) is 23.3 Å². The molecule has 0 spiro atoms. The molecular weight excluding hydrogens is 343 g/mol. The summed E-state index contributed by atoms with van der Waals surface area (Å²) in [5.41, 5.74) is 1.49. The van der Waals surface area contributed by atoms with Gasteiger partial charge in [-0.25, -0.2) is 0 Å². The van der Waals surface area contributed by atoms with Gasteiger partial charge in [-0.1, -0.05) is 17.7 Å². The second-order valence-corrected chi connectivity index (χ2v) is 5.70. The predicted octanol–water partition coefficient (Wildman–Crippen LogP) is 4.99. The first-order valence-electron chi connectivity index (χ1n) is 7.03. The van der Waals surface area contributed by atoms with E-state index in [2.05, 4.69) is 5.32 Å². The highest BCUT2D eigenvalue weighted by molar-refractivity contribution is 6.34. The van der Waals surface area contributed by atoms with E-state index in [9.17, 15) is 18.0 Å². The van der Waals surface area contributed by atoms with Crippen LogP contribution < -0.4 is 10.1 Å². The zero-order valence-electron chi connectivity index (χ0n) is 13.0. The molecule has 0 saturated heterocycles. The van der Waals surface area contributed by atoms with Gasteiger partial charge in [0.15, 0.2) is 6.61 Å². The van der Waals surface area contributed by atoms with Crippen LogP contribution in [0.3, 0.4) is 0 Å². The highest BCUT2D eigenvalue weighted by Crippen LogP contribution is 2.30. The summed E-state index contributed by atoms with van der Waals surface area (Å²) < 4.78 is 42.6. The number of carbonyl (C=O) groups is 1. The summed E-state index contributed by atoms with van der Waals surface area (Å²) in [6.45, 7) is 3.36. The van der Waals surface area contributed by atoms with Crippen LogP contribution in [-0.2, 0) is 11.0 Å². The van der Waals surface area contributed by atoms with Gasteiger partial charge < -0.3 is 10.1 Å². The molecule has 0 atom stereocenters. The molecule has 2 rings (SSSR count). The van der Waals surface area contributed by atoms with E-state index in [-0.39, 0.29) is 12.4 Å². The van der Waals surface area contributed by atoms with Gasteiger partial charge in [-0.2, -0.15) is 13.2 Å². The molecule has 0 saturated carbocycles. The highest BCUT2D eigenvalue weighted by atomic mass is 35.5. The molecule has 1 N–H and O–H groups in total. The van der Waals surface area contributed by atoms with Gasteiger partial charge in [0, 0.05) is 0 Å². The van der Waals surface area contributed by atoms with Crippen molar-refractivity contribution in [1.29, 1.82) is 0 Å². The van der Waals surface area contributed by atoms with Crippen LogP contribution in [0, 0.1) is 13.8 Å². The number of hydrogen-bond acceptors (Lipinski definition) is 2. The molecule has 0 unspecified atom stereocenters. The molecule has 0 fully saturated rings. The largest absolute Gasteiger partial charge is 0.484 e. The summed E-state index contributed by atoms with van der Waals surface area (Å²) >= 11 is 6.09. The standard InChI is InChI=1S/C17H15ClF3NO2/c1-10-7-11(2)16(14(18)8-10)22-15(23)9-24-13-5-3-12(4-6-13)17(19,20)21/h3-8H,9H2,1-2H3,(H,22,23). The monoisotopic (exact) mass is 357 g/mol. The number of halogens is 4. The Kier molecular flexibility index (Phi) is 5.39. The van der Waals surface area contributed by atoms with Crippen LogP contribution >= 0.6 is 11.6 Å². The van der Waals surface area contributed by atoms with Gasteiger partial charge in [0.05, 0.1) is 16.3 Å². The number of alkyl halides is 3. The summed E-state index contributed by atoms with van der Waals surface area (Å²) in [6, 6.07) is 7.72. The lowest BCUT2D eigenvalue weighted by atomic mass is 10.1. The zero-order chi connectivity index (χ0) is 17.9. The average molecular weight is 358 g/mol. The summed E-state index contributed by atoms with van der Waals surface area (Å²) in [6.07, 6.45) is -4.41. The van der Waals surface area contributed by atoms with Gasteiger partial charge in [-0.05, 0) is 55.3 Å². The number of benzene rings is 2. The SMILES string of the molecule is Cc1cc(C)c(NC(=O)COc2ccc(C(F)(F)F)cc2)c(Cl)c1. The second-order valence-electron chi connectivity index (χ2n) is 5.30. The van der Waals surface area contributed by atoms with Crippen LogP contribution in [0.2, 0.25) is 5.02 Å². The normalized spacial score (nSPS) is 11.2. The Hall–Kier alpha value is -2.21. The molecule has 0 aliphatic heterocycles. The lowest BCUT2D eigenvalue weighted by Gasteiger charge is -2.12. The van der Waals surface area contributed by atoms with Crippen LogP contribution in [0.4, 0.5) is 18.9 Å². The number of nitrogens with one attached hydrogen (secondary N) is 1. The third-order valence-corrected chi connectivity index (χ3v) is 3.55. The van der Waals surface area contributed by atoms with Gasteiger partial charge >= 0.3 is 6.18 Å². The molecule has 0 aromatic heterocycles. The topological polar surface area (TPSA) is 38.3 Å². The van der Waals surface area contributed by atoms with Crippen molar-refractivity contribution in [1.82, 2.24) is 0 Å². The Balaban J connectivity index is 1.97. The van der Waals surface area contributed by atoms with E-state index in [0.29, 0.717) is 10.7 Å². The van der Waals surface area contributed by atoms with Gasteiger partial charge in [0.2, 0.25) is 0 Å². The van der Waals surface area contributed by atoms with Crippen molar-refractivity contribution >= 4 is 23.2 Å². The first-order chi connectivity index (χ1) is 11.2. The van der Waals surface area contributed by atoms with E-state index < -0.39 is 17.6 Å². The Morgan fingerprint density at radius 1 is 1.17 bits per heavy atom. The van der Waals surface area contributed by atoms with Crippen LogP contribution in [0.25, 0.3) is 0 Å². The van der Waals surface area contributed by atoms with Crippen molar-refractivity contribution in [3.8, 4) is 5.75 Å². The minimum atomic E-state index is -4.41. The fraction of sp³-hybridized carbons (Fsp3) is 0.235. The molecule has 3 nitrogen and oxygen atoms in total. The van der Waals surface area contributed by atoms with Crippen molar-refractivity contribution in [3.05, 3.63) is 58.1 Å². The zero-order valence-corrected chi connectivity index (χ0v) is 13.8. The number of hydrogen-bond donors (Lipinski definition) is 1. The molecule has 128 valence electrons. The maximum atomic E-state index is 12.5. The summed E-state index contributed by atoms with van der Waals surface area (Å²) in [7, 11) is 0. The molecule has 7 heteroatoms. The average Bonchev–Trinajstić information content (AvgIpc) is 2.48. The second kappa shape index (κ2) is 7.13. The van der Waals surface area contributed by atoms with Gasteiger partial charge in [0.25, 0.3) is 5.91 Å². The lowest BCUT2D eigenvalue weighted by Crippen LogP contribution is -2.21. The Morgan fingerprint density at radius 3 is 2.33 bits per heavy atom. The number of amides is 1. The maximum absolute atomic E-state index is 12.5. The van der Waals surface area contributed by atoms with E-state index in [4.69, 9.17) is 16.3 Å². The predicted molar refractivity (Wildman–Crippen MR) is 86.5 cm³/mol. The third kappa shape index (κ3) is 4.64. The summed E-state index contributed by atoms with van der Waals surface area (Å²) in [4.78, 5) is 11.9. The van der Waals surface area contributed by atoms with Gasteiger partial charge in [0.1, 0.15) is 5.75 Å². The Labute approximate surface area is 142 Å². The van der Waals surface area contributed by atoms with Crippen molar-refractivity contribution in [2.45, 2.75) is 20.0 Å². The third-order valence-electron chi connectivity index (χ3n) is 3.25. The van der Waals surface area contributed by atoms with Crippen LogP contribution in [0.5, 0.6) is 5.75 Å². The highest BCUT2D eigenvalue weighted by Gasteiger charge is 2.30. The van der Waals surface area contributed by atoms with Gasteiger partial charge in [-0.15, -0.1) is 0 Å². The van der Waals surface area contributed by atoms with Crippen molar-refractivity contribution in [2.24, 2.45) is 0 Å². The molecular formula is C17H15ClF3NO2.